The van der Waals surface area contributed by atoms with Crippen LogP contribution >= 0.6 is 0 Å². The fourth-order valence-corrected chi connectivity index (χ4v) is 2.36. The van der Waals surface area contributed by atoms with Crippen molar-refractivity contribution < 1.29 is 4.79 Å². The summed E-state index contributed by atoms with van der Waals surface area (Å²) in [6, 6.07) is 8.47. The maximum atomic E-state index is 10.6. The molecule has 1 aliphatic rings. The van der Waals surface area contributed by atoms with Gasteiger partial charge in [-0.1, -0.05) is 12.1 Å². The third kappa shape index (κ3) is 2.77. The molecule has 1 amide bonds. The van der Waals surface area contributed by atoms with Crippen molar-refractivity contribution in [1.29, 1.82) is 0 Å². The van der Waals surface area contributed by atoms with Crippen molar-refractivity contribution in [3.63, 3.8) is 0 Å². The van der Waals surface area contributed by atoms with E-state index < -0.39 is 0 Å². The number of hydrogen-bond donors (Lipinski definition) is 2. The first-order chi connectivity index (χ1) is 8.33. The third-order valence-electron chi connectivity index (χ3n) is 3.35. The normalized spacial score (nSPS) is 16.5. The molecule has 92 valence electrons. The van der Waals surface area contributed by atoms with Crippen LogP contribution in [0.3, 0.4) is 0 Å². The van der Waals surface area contributed by atoms with Crippen LogP contribution in [0.5, 0.6) is 0 Å². The monoisotopic (exact) mass is 233 g/mol. The number of amides is 1. The molecule has 0 aromatic heterocycles. The van der Waals surface area contributed by atoms with Crippen LogP contribution in [-0.4, -0.2) is 32.6 Å². The molecule has 0 aliphatic carbocycles. The van der Waals surface area contributed by atoms with Crippen LogP contribution in [0.4, 0.5) is 11.4 Å². The number of carbonyl (C=O) groups is 1. The highest BCUT2D eigenvalue weighted by molar-refractivity contribution is 5.81. The van der Waals surface area contributed by atoms with E-state index >= 15 is 0 Å². The molecule has 4 nitrogen and oxygen atoms in total. The van der Waals surface area contributed by atoms with Gasteiger partial charge in [0, 0.05) is 13.1 Å². The largest absolute Gasteiger partial charge is 0.370 e. The van der Waals surface area contributed by atoms with E-state index in [-0.39, 0.29) is 0 Å². The molecule has 2 N–H and O–H groups in total. The van der Waals surface area contributed by atoms with Gasteiger partial charge in [0.15, 0.2) is 0 Å². The molecule has 1 aromatic rings. The number of benzene rings is 1. The van der Waals surface area contributed by atoms with Crippen LogP contribution in [0.1, 0.15) is 12.8 Å². The summed E-state index contributed by atoms with van der Waals surface area (Å²) < 4.78 is 0. The molecule has 0 unspecified atom stereocenters. The molecule has 1 aromatic carbocycles. The summed E-state index contributed by atoms with van der Waals surface area (Å²) in [5, 5.41) is 6.12. The topological polar surface area (TPSA) is 44.4 Å². The predicted molar refractivity (Wildman–Crippen MR) is 70.4 cm³/mol. The second-order valence-electron chi connectivity index (χ2n) is 4.37. The third-order valence-corrected chi connectivity index (χ3v) is 3.35. The number of para-hydroxylation sites is 2. The zero-order chi connectivity index (χ0) is 12.1. The van der Waals surface area contributed by atoms with E-state index in [0.717, 1.165) is 43.7 Å². The van der Waals surface area contributed by atoms with Crippen molar-refractivity contribution >= 4 is 17.8 Å². The number of nitrogens with zero attached hydrogens (tertiary/aromatic N) is 1. The summed E-state index contributed by atoms with van der Waals surface area (Å²) in [5.41, 5.74) is 1.97. The smallest absolute Gasteiger partial charge is 0.211 e. The lowest BCUT2D eigenvalue weighted by Gasteiger charge is -2.34. The van der Waals surface area contributed by atoms with Gasteiger partial charge in [0.1, 0.15) is 0 Å². The Morgan fingerprint density at radius 3 is 2.76 bits per heavy atom. The molecule has 0 atom stereocenters. The number of piperidine rings is 1. The number of rotatable bonds is 4. The highest BCUT2D eigenvalue weighted by Gasteiger charge is 2.19. The number of hydrogen-bond acceptors (Lipinski definition) is 3. The van der Waals surface area contributed by atoms with Crippen molar-refractivity contribution in [1.82, 2.24) is 5.32 Å². The summed E-state index contributed by atoms with van der Waals surface area (Å²) >= 11 is 0. The number of nitrogens with one attached hydrogen (secondary N) is 2. The first-order valence-corrected chi connectivity index (χ1v) is 6.05. The zero-order valence-corrected chi connectivity index (χ0v) is 10.1. The van der Waals surface area contributed by atoms with Crippen molar-refractivity contribution in [2.24, 2.45) is 0 Å². The highest BCUT2D eigenvalue weighted by Crippen LogP contribution is 2.27. The molecule has 1 saturated heterocycles. The van der Waals surface area contributed by atoms with Gasteiger partial charge in [-0.3, -0.25) is 4.79 Å². The van der Waals surface area contributed by atoms with Crippen LogP contribution < -0.4 is 15.5 Å². The fraction of sp³-hybridized carbons (Fsp3) is 0.462. The van der Waals surface area contributed by atoms with Gasteiger partial charge in [-0.15, -0.1) is 0 Å². The van der Waals surface area contributed by atoms with E-state index in [1.54, 1.807) is 0 Å². The second-order valence-corrected chi connectivity index (χ2v) is 4.37. The van der Waals surface area contributed by atoms with Gasteiger partial charge in [-0.25, -0.2) is 0 Å². The average Bonchev–Trinajstić information content (AvgIpc) is 2.40. The Balaban J connectivity index is 2.16. The molecule has 0 bridgehead atoms. The Morgan fingerprint density at radius 2 is 2.06 bits per heavy atom. The van der Waals surface area contributed by atoms with Gasteiger partial charge >= 0.3 is 0 Å². The van der Waals surface area contributed by atoms with Crippen LogP contribution in [0, 0.1) is 0 Å². The molecule has 4 heteroatoms. The number of anilines is 2. The minimum absolute atomic E-state index is 0.547. The minimum Gasteiger partial charge on any atom is -0.370 e. The van der Waals surface area contributed by atoms with Crippen molar-refractivity contribution in [3.05, 3.63) is 24.3 Å². The lowest BCUT2D eigenvalue weighted by molar-refractivity contribution is -0.105. The average molecular weight is 233 g/mol. The summed E-state index contributed by atoms with van der Waals surface area (Å²) in [6.07, 6.45) is 3.02. The minimum atomic E-state index is 0.547. The maximum Gasteiger partial charge on any atom is 0.211 e. The number of carbonyl (C=O) groups excluding carboxylic acids is 1. The lowest BCUT2D eigenvalue weighted by Crippen LogP contribution is -2.41. The first-order valence-electron chi connectivity index (χ1n) is 6.05. The highest BCUT2D eigenvalue weighted by atomic mass is 16.1. The molecular weight excluding hydrogens is 214 g/mol. The lowest BCUT2D eigenvalue weighted by atomic mass is 10.0. The Bertz CT molecular complexity index is 375. The fourth-order valence-electron chi connectivity index (χ4n) is 2.36. The second kappa shape index (κ2) is 5.68. The van der Waals surface area contributed by atoms with E-state index in [2.05, 4.69) is 22.6 Å². The van der Waals surface area contributed by atoms with E-state index in [4.69, 9.17) is 0 Å². The molecule has 17 heavy (non-hydrogen) atoms. The van der Waals surface area contributed by atoms with E-state index in [1.165, 1.54) is 0 Å². The summed E-state index contributed by atoms with van der Waals surface area (Å²) in [7, 11) is 2.10. The molecular formula is C13H19N3O. The standard InChI is InChI=1S/C13H19N3O/c1-16(11-6-8-14-9-7-11)13-5-3-2-4-12(13)15-10-17/h2-5,10-11,14H,6-9H2,1H3,(H,15,17). The Morgan fingerprint density at radius 1 is 1.35 bits per heavy atom. The molecule has 1 fully saturated rings. The van der Waals surface area contributed by atoms with E-state index in [0.29, 0.717) is 6.04 Å². The molecule has 2 rings (SSSR count). The van der Waals surface area contributed by atoms with Crippen LogP contribution in [-0.2, 0) is 4.79 Å². The molecule has 1 heterocycles. The van der Waals surface area contributed by atoms with Crippen LogP contribution in [0.25, 0.3) is 0 Å². The predicted octanol–water partition coefficient (Wildman–Crippen LogP) is 1.44. The van der Waals surface area contributed by atoms with Gasteiger partial charge < -0.3 is 15.5 Å². The summed E-state index contributed by atoms with van der Waals surface area (Å²) in [4.78, 5) is 12.9. The first kappa shape index (κ1) is 11.9. The van der Waals surface area contributed by atoms with Crippen molar-refractivity contribution in [2.75, 3.05) is 30.4 Å². The molecule has 0 radical (unpaired) electrons. The molecule has 0 saturated carbocycles. The van der Waals surface area contributed by atoms with Gasteiger partial charge in [0.2, 0.25) is 6.41 Å². The van der Waals surface area contributed by atoms with Crippen molar-refractivity contribution in [2.45, 2.75) is 18.9 Å². The summed E-state index contributed by atoms with van der Waals surface area (Å²) in [5.74, 6) is 0. The van der Waals surface area contributed by atoms with Gasteiger partial charge in [0.25, 0.3) is 0 Å². The maximum absolute atomic E-state index is 10.6. The van der Waals surface area contributed by atoms with Gasteiger partial charge in [-0.2, -0.15) is 0 Å². The SMILES string of the molecule is CN(c1ccccc1NC=O)C1CCNCC1. The Labute approximate surface area is 102 Å². The van der Waals surface area contributed by atoms with Crippen LogP contribution in [0.15, 0.2) is 24.3 Å². The summed E-state index contributed by atoms with van der Waals surface area (Å²) in [6.45, 7) is 2.14. The zero-order valence-electron chi connectivity index (χ0n) is 10.1. The van der Waals surface area contributed by atoms with Gasteiger partial charge in [0.05, 0.1) is 11.4 Å². The van der Waals surface area contributed by atoms with Crippen molar-refractivity contribution in [3.8, 4) is 0 Å². The quantitative estimate of drug-likeness (QED) is 0.774. The van der Waals surface area contributed by atoms with Gasteiger partial charge in [-0.05, 0) is 38.1 Å². The Kier molecular flexibility index (Phi) is 3.98. The molecule has 0 spiro atoms. The van der Waals surface area contributed by atoms with E-state index in [1.807, 2.05) is 24.3 Å². The Hall–Kier alpha value is -1.55. The molecule has 1 aliphatic heterocycles. The van der Waals surface area contributed by atoms with Crippen LogP contribution in [0.2, 0.25) is 0 Å². The van der Waals surface area contributed by atoms with E-state index in [9.17, 15) is 4.79 Å².